The Morgan fingerprint density at radius 3 is 2.84 bits per heavy atom. The van der Waals surface area contributed by atoms with Gasteiger partial charge in [0.1, 0.15) is 18.5 Å². The van der Waals surface area contributed by atoms with Gasteiger partial charge in [0.15, 0.2) is 0 Å². The number of hydrogen-bond acceptors (Lipinski definition) is 5. The van der Waals surface area contributed by atoms with Gasteiger partial charge in [0.2, 0.25) is 0 Å². The molecule has 0 amide bonds. The van der Waals surface area contributed by atoms with E-state index in [2.05, 4.69) is 12.7 Å². The first-order chi connectivity index (χ1) is 12.0. The van der Waals surface area contributed by atoms with Crippen LogP contribution in [-0.4, -0.2) is 24.1 Å². The molecule has 1 saturated heterocycles. The standard InChI is InChI=1S/C20H22O5/c1-12-5-4-6-13(2)10-17(25-20(22)15-7-8-23-11-15)18-14(3)19(21)24-16(18)9-12/h6-9,11,16-18H,3-5,10H2,1-2H3/t16-,17+,18-/m0/s1. The maximum absolute atomic E-state index is 12.4. The van der Waals surface area contributed by atoms with Crippen molar-refractivity contribution in [2.75, 3.05) is 0 Å². The molecule has 0 spiro atoms. The van der Waals surface area contributed by atoms with Crippen LogP contribution in [0.4, 0.5) is 0 Å². The topological polar surface area (TPSA) is 65.7 Å². The number of carbonyl (C=O) groups is 2. The smallest absolute Gasteiger partial charge is 0.341 e. The molecule has 3 rings (SSSR count). The third-order valence-corrected chi connectivity index (χ3v) is 4.68. The fourth-order valence-electron chi connectivity index (χ4n) is 3.32. The van der Waals surface area contributed by atoms with Crippen LogP contribution in [0.3, 0.4) is 0 Å². The summed E-state index contributed by atoms with van der Waals surface area (Å²) < 4.78 is 16.2. The Bertz CT molecular complexity index is 738. The van der Waals surface area contributed by atoms with Crippen molar-refractivity contribution in [3.05, 3.63) is 59.6 Å². The van der Waals surface area contributed by atoms with Crippen molar-refractivity contribution < 1.29 is 23.5 Å². The van der Waals surface area contributed by atoms with E-state index in [4.69, 9.17) is 13.9 Å². The average Bonchev–Trinajstić information content (AvgIpc) is 3.16. The van der Waals surface area contributed by atoms with Crippen LogP contribution in [-0.2, 0) is 14.3 Å². The molecule has 1 aromatic rings. The minimum absolute atomic E-state index is 0.345. The fourth-order valence-corrected chi connectivity index (χ4v) is 3.32. The zero-order valence-corrected chi connectivity index (χ0v) is 14.5. The summed E-state index contributed by atoms with van der Waals surface area (Å²) in [5.41, 5.74) is 2.96. The number of hydrogen-bond donors (Lipinski definition) is 0. The molecule has 132 valence electrons. The summed E-state index contributed by atoms with van der Waals surface area (Å²) in [5.74, 6) is -1.29. The van der Waals surface area contributed by atoms with Crippen LogP contribution in [0.5, 0.6) is 0 Å². The molecule has 0 saturated carbocycles. The molecule has 25 heavy (non-hydrogen) atoms. The van der Waals surface area contributed by atoms with Crippen molar-refractivity contribution in [1.29, 1.82) is 0 Å². The molecule has 0 N–H and O–H groups in total. The summed E-state index contributed by atoms with van der Waals surface area (Å²) in [6.45, 7) is 7.91. The molecule has 2 heterocycles. The first-order valence-electron chi connectivity index (χ1n) is 8.41. The molecule has 1 aliphatic carbocycles. The van der Waals surface area contributed by atoms with Crippen LogP contribution in [0.15, 0.2) is 58.5 Å². The number of rotatable bonds is 2. The van der Waals surface area contributed by atoms with Gasteiger partial charge in [0.05, 0.1) is 17.7 Å². The molecule has 5 nitrogen and oxygen atoms in total. The van der Waals surface area contributed by atoms with Crippen molar-refractivity contribution in [2.45, 2.75) is 45.3 Å². The minimum atomic E-state index is -0.523. The first-order valence-corrected chi connectivity index (χ1v) is 8.41. The lowest BCUT2D eigenvalue weighted by Gasteiger charge is -2.27. The molecule has 1 fully saturated rings. The largest absolute Gasteiger partial charge is 0.472 e. The van der Waals surface area contributed by atoms with Gasteiger partial charge in [-0.15, -0.1) is 0 Å². The van der Waals surface area contributed by atoms with Crippen molar-refractivity contribution in [3.8, 4) is 0 Å². The Balaban J connectivity index is 1.93. The molecule has 1 aliphatic heterocycles. The lowest BCUT2D eigenvalue weighted by Crippen LogP contribution is -2.33. The van der Waals surface area contributed by atoms with E-state index in [-0.39, 0.29) is 5.92 Å². The molecule has 1 aromatic heterocycles. The van der Waals surface area contributed by atoms with E-state index in [1.807, 2.05) is 19.9 Å². The highest BCUT2D eigenvalue weighted by atomic mass is 16.6. The summed E-state index contributed by atoms with van der Waals surface area (Å²) in [7, 11) is 0. The van der Waals surface area contributed by atoms with Crippen LogP contribution < -0.4 is 0 Å². The molecule has 0 aromatic carbocycles. The average molecular weight is 342 g/mol. The van der Waals surface area contributed by atoms with Crippen LogP contribution in [0, 0.1) is 5.92 Å². The Morgan fingerprint density at radius 1 is 1.32 bits per heavy atom. The number of allylic oxidation sites excluding steroid dienone is 2. The maximum atomic E-state index is 12.4. The second-order valence-corrected chi connectivity index (χ2v) is 6.68. The third-order valence-electron chi connectivity index (χ3n) is 4.68. The van der Waals surface area contributed by atoms with Crippen LogP contribution in [0.2, 0.25) is 0 Å². The summed E-state index contributed by atoms with van der Waals surface area (Å²) in [5, 5.41) is 0. The highest BCUT2D eigenvalue weighted by Crippen LogP contribution is 2.36. The Kier molecular flexibility index (Phi) is 4.93. The molecule has 2 aliphatic rings. The second kappa shape index (κ2) is 7.13. The van der Waals surface area contributed by atoms with Crippen molar-refractivity contribution >= 4 is 11.9 Å². The van der Waals surface area contributed by atoms with Gasteiger partial charge < -0.3 is 13.9 Å². The van der Waals surface area contributed by atoms with Gasteiger partial charge in [-0.05, 0) is 38.8 Å². The lowest BCUT2D eigenvalue weighted by molar-refractivity contribution is -0.137. The van der Waals surface area contributed by atoms with Gasteiger partial charge >= 0.3 is 11.9 Å². The summed E-state index contributed by atoms with van der Waals surface area (Å²) in [6, 6.07) is 1.55. The Labute approximate surface area is 147 Å². The van der Waals surface area contributed by atoms with Crippen LogP contribution in [0.25, 0.3) is 0 Å². The predicted octanol–water partition coefficient (Wildman–Crippen LogP) is 3.98. The summed E-state index contributed by atoms with van der Waals surface area (Å²) in [4.78, 5) is 24.5. The van der Waals surface area contributed by atoms with E-state index in [9.17, 15) is 9.59 Å². The molecular formula is C20H22O5. The van der Waals surface area contributed by atoms with E-state index in [1.165, 1.54) is 12.5 Å². The van der Waals surface area contributed by atoms with Crippen molar-refractivity contribution in [3.63, 3.8) is 0 Å². The van der Waals surface area contributed by atoms with Gasteiger partial charge in [-0.1, -0.05) is 23.8 Å². The van der Waals surface area contributed by atoms with Gasteiger partial charge in [-0.25, -0.2) is 9.59 Å². The van der Waals surface area contributed by atoms with Gasteiger partial charge in [0.25, 0.3) is 0 Å². The summed E-state index contributed by atoms with van der Waals surface area (Å²) >= 11 is 0. The van der Waals surface area contributed by atoms with E-state index in [0.29, 0.717) is 17.6 Å². The Morgan fingerprint density at radius 2 is 2.12 bits per heavy atom. The van der Waals surface area contributed by atoms with Gasteiger partial charge in [0, 0.05) is 12.0 Å². The monoisotopic (exact) mass is 342 g/mol. The number of fused-ring (bicyclic) bond motifs is 1. The lowest BCUT2D eigenvalue weighted by atomic mass is 9.85. The Hall–Kier alpha value is -2.56. The van der Waals surface area contributed by atoms with E-state index < -0.39 is 24.1 Å². The highest BCUT2D eigenvalue weighted by Gasteiger charge is 2.44. The van der Waals surface area contributed by atoms with E-state index in [0.717, 1.165) is 24.0 Å². The molecule has 3 atom stereocenters. The molecule has 5 heteroatoms. The third kappa shape index (κ3) is 3.76. The minimum Gasteiger partial charge on any atom is -0.472 e. The van der Waals surface area contributed by atoms with Gasteiger partial charge in [-0.3, -0.25) is 0 Å². The van der Waals surface area contributed by atoms with Crippen LogP contribution >= 0.6 is 0 Å². The van der Waals surface area contributed by atoms with E-state index in [1.54, 1.807) is 6.07 Å². The predicted molar refractivity (Wildman–Crippen MR) is 91.8 cm³/mol. The molecule has 0 unspecified atom stereocenters. The van der Waals surface area contributed by atoms with Gasteiger partial charge in [-0.2, -0.15) is 0 Å². The first kappa shape index (κ1) is 17.3. The normalized spacial score (nSPS) is 27.0. The van der Waals surface area contributed by atoms with Crippen LogP contribution in [0.1, 0.15) is 43.5 Å². The molecule has 0 bridgehead atoms. The maximum Gasteiger partial charge on any atom is 0.341 e. The summed E-state index contributed by atoms with van der Waals surface area (Å²) in [6.07, 6.45) is 8.24. The highest BCUT2D eigenvalue weighted by molar-refractivity contribution is 5.92. The molecular weight excluding hydrogens is 320 g/mol. The van der Waals surface area contributed by atoms with Crippen molar-refractivity contribution in [2.24, 2.45) is 5.92 Å². The quantitative estimate of drug-likeness (QED) is 0.462. The zero-order valence-electron chi connectivity index (χ0n) is 14.5. The van der Waals surface area contributed by atoms with Crippen molar-refractivity contribution in [1.82, 2.24) is 0 Å². The second-order valence-electron chi connectivity index (χ2n) is 6.68. The number of carbonyl (C=O) groups excluding carboxylic acids is 2. The fraction of sp³-hybridized carbons (Fsp3) is 0.400. The number of ether oxygens (including phenoxy) is 2. The SMILES string of the molecule is C=C1C(=O)O[C@H]2C=C(C)CCC=C(C)C[C@@H](OC(=O)c3ccoc3)[C@@H]12. The number of furan rings is 1. The number of esters is 2. The zero-order chi connectivity index (χ0) is 18.0. The van der Waals surface area contributed by atoms with E-state index >= 15 is 0 Å². The molecule has 0 radical (unpaired) electrons.